The van der Waals surface area contributed by atoms with Crippen LogP contribution in [0, 0.1) is 11.6 Å². The van der Waals surface area contributed by atoms with E-state index in [9.17, 15) is 27.1 Å². The average Bonchev–Trinajstić information content (AvgIpc) is 2.74. The quantitative estimate of drug-likeness (QED) is 0.601. The molecule has 0 bridgehead atoms. The van der Waals surface area contributed by atoms with Crippen molar-refractivity contribution in [3.63, 3.8) is 0 Å². The molecule has 0 spiro atoms. The number of halogens is 2. The number of piperazine rings is 1. The van der Waals surface area contributed by atoms with Crippen molar-refractivity contribution in [2.75, 3.05) is 42.8 Å². The lowest BCUT2D eigenvalue weighted by molar-refractivity contribution is 0.0699. The zero-order chi connectivity index (χ0) is 23.0. The summed E-state index contributed by atoms with van der Waals surface area (Å²) in [6.45, 7) is 3.04. The Bertz CT molecular complexity index is 1310. The Kier molecular flexibility index (Phi) is 5.70. The van der Waals surface area contributed by atoms with Gasteiger partial charge in [0.2, 0.25) is 0 Å². The summed E-state index contributed by atoms with van der Waals surface area (Å²) in [6, 6.07) is 7.76. The van der Waals surface area contributed by atoms with Gasteiger partial charge in [0.05, 0.1) is 11.1 Å². The van der Waals surface area contributed by atoms with E-state index in [1.54, 1.807) is 0 Å². The molecule has 0 unspecified atom stereocenters. The van der Waals surface area contributed by atoms with Crippen molar-refractivity contribution in [2.45, 2.75) is 4.90 Å². The molecule has 2 aromatic carbocycles. The lowest BCUT2D eigenvalue weighted by Crippen LogP contribution is -2.44. The first-order chi connectivity index (χ1) is 15.1. The van der Waals surface area contributed by atoms with Gasteiger partial charge in [-0.1, -0.05) is 0 Å². The van der Waals surface area contributed by atoms with Crippen molar-refractivity contribution < 1.29 is 27.1 Å². The molecular formula is C21H20F2N4O4S. The van der Waals surface area contributed by atoms with Crippen molar-refractivity contribution in [1.29, 1.82) is 0 Å². The molecule has 1 aliphatic rings. The highest BCUT2D eigenvalue weighted by Gasteiger charge is 2.22. The molecule has 1 fully saturated rings. The van der Waals surface area contributed by atoms with Crippen LogP contribution < -0.4 is 9.62 Å². The molecule has 2 heterocycles. The molecule has 11 heteroatoms. The second kappa shape index (κ2) is 8.32. The monoisotopic (exact) mass is 462 g/mol. The fourth-order valence-electron chi connectivity index (χ4n) is 3.54. The van der Waals surface area contributed by atoms with E-state index in [-0.39, 0.29) is 16.6 Å². The first-order valence-electron chi connectivity index (χ1n) is 9.73. The van der Waals surface area contributed by atoms with Gasteiger partial charge in [-0.3, -0.25) is 4.72 Å². The number of fused-ring (bicyclic) bond motifs is 1. The topological polar surface area (TPSA) is 103 Å². The summed E-state index contributed by atoms with van der Waals surface area (Å²) in [5.74, 6) is -2.68. The SMILES string of the molecule is CN1CCN(c2cc(C(=O)O)c3cc(NS(=O)(=O)c4cc(F)ccc4F)ccc3n2)CC1. The Morgan fingerprint density at radius 2 is 1.78 bits per heavy atom. The van der Waals surface area contributed by atoms with E-state index in [4.69, 9.17) is 0 Å². The summed E-state index contributed by atoms with van der Waals surface area (Å²) in [5, 5.41) is 9.95. The summed E-state index contributed by atoms with van der Waals surface area (Å²) in [7, 11) is -2.44. The number of nitrogens with one attached hydrogen (secondary N) is 1. The van der Waals surface area contributed by atoms with Crippen LogP contribution in [0.4, 0.5) is 20.3 Å². The zero-order valence-corrected chi connectivity index (χ0v) is 17.9. The van der Waals surface area contributed by atoms with Crippen LogP contribution in [0.1, 0.15) is 10.4 Å². The number of carbonyl (C=O) groups is 1. The van der Waals surface area contributed by atoms with Crippen LogP contribution >= 0.6 is 0 Å². The van der Waals surface area contributed by atoms with Crippen LogP contribution in [-0.4, -0.2) is 62.6 Å². The molecule has 168 valence electrons. The smallest absolute Gasteiger partial charge is 0.336 e. The van der Waals surface area contributed by atoms with Crippen molar-refractivity contribution in [3.05, 3.63) is 59.7 Å². The van der Waals surface area contributed by atoms with Gasteiger partial charge in [-0.2, -0.15) is 0 Å². The molecular weight excluding hydrogens is 442 g/mol. The highest BCUT2D eigenvalue weighted by atomic mass is 32.2. The van der Waals surface area contributed by atoms with E-state index < -0.39 is 32.5 Å². The third-order valence-electron chi connectivity index (χ3n) is 5.29. The predicted molar refractivity (Wildman–Crippen MR) is 116 cm³/mol. The maximum absolute atomic E-state index is 14.0. The van der Waals surface area contributed by atoms with E-state index in [1.165, 1.54) is 24.3 Å². The lowest BCUT2D eigenvalue weighted by atomic mass is 10.1. The van der Waals surface area contributed by atoms with Gasteiger partial charge in [0.25, 0.3) is 10.0 Å². The summed E-state index contributed by atoms with van der Waals surface area (Å²) >= 11 is 0. The highest BCUT2D eigenvalue weighted by molar-refractivity contribution is 7.92. The summed E-state index contributed by atoms with van der Waals surface area (Å²) in [4.78, 5) is 19.8. The van der Waals surface area contributed by atoms with E-state index in [1.807, 2.05) is 11.9 Å². The first kappa shape index (κ1) is 21.9. The number of anilines is 2. The van der Waals surface area contributed by atoms with Gasteiger partial charge in [0.1, 0.15) is 22.3 Å². The normalized spacial score (nSPS) is 15.2. The van der Waals surface area contributed by atoms with E-state index in [2.05, 4.69) is 14.6 Å². The summed E-state index contributed by atoms with van der Waals surface area (Å²) in [6.07, 6.45) is 0. The van der Waals surface area contributed by atoms with Crippen molar-refractivity contribution in [3.8, 4) is 0 Å². The van der Waals surface area contributed by atoms with Crippen LogP contribution in [0.5, 0.6) is 0 Å². The minimum atomic E-state index is -4.44. The van der Waals surface area contributed by atoms with Gasteiger partial charge >= 0.3 is 5.97 Å². The molecule has 3 aromatic rings. The maximum Gasteiger partial charge on any atom is 0.336 e. The molecule has 32 heavy (non-hydrogen) atoms. The molecule has 8 nitrogen and oxygen atoms in total. The Hall–Kier alpha value is -3.31. The molecule has 2 N–H and O–H groups in total. The third-order valence-corrected chi connectivity index (χ3v) is 6.68. The Morgan fingerprint density at radius 3 is 2.47 bits per heavy atom. The number of pyridine rings is 1. The van der Waals surface area contributed by atoms with Gasteiger partial charge in [0, 0.05) is 37.3 Å². The van der Waals surface area contributed by atoms with Crippen LogP contribution in [0.3, 0.4) is 0 Å². The molecule has 1 saturated heterocycles. The first-order valence-corrected chi connectivity index (χ1v) is 11.2. The van der Waals surface area contributed by atoms with Crippen LogP contribution in [0.2, 0.25) is 0 Å². The minimum Gasteiger partial charge on any atom is -0.478 e. The second-order valence-electron chi connectivity index (χ2n) is 7.54. The molecule has 1 aliphatic heterocycles. The predicted octanol–water partition coefficient (Wildman–Crippen LogP) is 2.76. The second-order valence-corrected chi connectivity index (χ2v) is 9.19. The third kappa shape index (κ3) is 4.34. The number of sulfonamides is 1. The number of hydrogen-bond donors (Lipinski definition) is 2. The minimum absolute atomic E-state index is 0.00203. The molecule has 0 aliphatic carbocycles. The summed E-state index contributed by atoms with van der Waals surface area (Å²) in [5.41, 5.74) is 0.332. The van der Waals surface area contributed by atoms with Gasteiger partial charge in [-0.05, 0) is 49.5 Å². The molecule has 0 radical (unpaired) electrons. The Labute approximate surface area is 183 Å². The van der Waals surface area contributed by atoms with Crippen LogP contribution in [0.25, 0.3) is 10.9 Å². The Balaban J connectivity index is 1.72. The summed E-state index contributed by atoms with van der Waals surface area (Å²) < 4.78 is 54.7. The number of hydrogen-bond acceptors (Lipinski definition) is 6. The van der Waals surface area contributed by atoms with Gasteiger partial charge < -0.3 is 14.9 Å². The molecule has 0 amide bonds. The highest BCUT2D eigenvalue weighted by Crippen LogP contribution is 2.28. The number of benzene rings is 2. The number of aromatic carboxylic acids is 1. The Morgan fingerprint density at radius 1 is 1.06 bits per heavy atom. The number of rotatable bonds is 5. The molecule has 4 rings (SSSR count). The molecule has 0 saturated carbocycles. The van der Waals surface area contributed by atoms with Crippen LogP contribution in [-0.2, 0) is 10.0 Å². The number of aromatic nitrogens is 1. The van der Waals surface area contributed by atoms with E-state index in [0.717, 1.165) is 25.2 Å². The van der Waals surface area contributed by atoms with Gasteiger partial charge in [0.15, 0.2) is 0 Å². The number of carboxylic acid groups (broad SMARTS) is 1. The standard InChI is InChI=1S/C21H20F2N4O4S/c1-26-6-8-27(9-7-26)20-12-16(21(28)29)15-11-14(3-5-18(15)24-20)25-32(30,31)19-10-13(22)2-4-17(19)23/h2-5,10-12,25H,6-9H2,1H3,(H,28,29). The fraction of sp³-hybridized carbons (Fsp3) is 0.238. The van der Waals surface area contributed by atoms with Crippen molar-refractivity contribution in [1.82, 2.24) is 9.88 Å². The fourth-order valence-corrected chi connectivity index (χ4v) is 4.68. The number of carboxylic acids is 1. The number of nitrogens with zero attached hydrogens (tertiary/aromatic N) is 3. The molecule has 1 aromatic heterocycles. The largest absolute Gasteiger partial charge is 0.478 e. The van der Waals surface area contributed by atoms with Gasteiger partial charge in [-0.25, -0.2) is 27.0 Å². The zero-order valence-electron chi connectivity index (χ0n) is 17.0. The van der Waals surface area contributed by atoms with Crippen molar-refractivity contribution in [2.24, 2.45) is 0 Å². The lowest BCUT2D eigenvalue weighted by Gasteiger charge is -2.33. The maximum atomic E-state index is 14.0. The van der Waals surface area contributed by atoms with Crippen LogP contribution in [0.15, 0.2) is 47.4 Å². The van der Waals surface area contributed by atoms with Gasteiger partial charge in [-0.15, -0.1) is 0 Å². The number of likely N-dealkylation sites (N-methyl/N-ethyl adjacent to an activating group) is 1. The van der Waals surface area contributed by atoms with Crippen molar-refractivity contribution >= 4 is 38.4 Å². The molecule has 0 atom stereocenters. The van der Waals surface area contributed by atoms with E-state index in [0.29, 0.717) is 30.5 Å². The van der Waals surface area contributed by atoms with E-state index >= 15 is 0 Å². The average molecular weight is 462 g/mol.